The van der Waals surface area contributed by atoms with Gasteiger partial charge in [0.05, 0.1) is 12.3 Å². The van der Waals surface area contributed by atoms with Crippen LogP contribution in [-0.2, 0) is 6.54 Å². The number of pyridine rings is 1. The second-order valence-electron chi connectivity index (χ2n) is 4.85. The maximum Gasteiger partial charge on any atom is 0.152 e. The molecule has 0 bridgehead atoms. The molecule has 0 atom stereocenters. The minimum absolute atomic E-state index is 0.130. The zero-order valence-corrected chi connectivity index (χ0v) is 11.8. The number of anilines is 1. The van der Waals surface area contributed by atoms with Crippen molar-refractivity contribution >= 4 is 11.5 Å². The molecular weight excluding hydrogens is 240 g/mol. The molecule has 2 heterocycles. The molecule has 0 radical (unpaired) electrons. The van der Waals surface area contributed by atoms with E-state index in [-0.39, 0.29) is 6.61 Å². The first kappa shape index (κ1) is 13.8. The normalized spacial score (nSPS) is 11.4. The lowest BCUT2D eigenvalue weighted by molar-refractivity contribution is 0.298. The summed E-state index contributed by atoms with van der Waals surface area (Å²) < 4.78 is 2.10. The van der Waals surface area contributed by atoms with E-state index in [2.05, 4.69) is 28.5 Å². The number of hydrogen-bond acceptors (Lipinski definition) is 4. The van der Waals surface area contributed by atoms with E-state index in [0.29, 0.717) is 12.6 Å². The van der Waals surface area contributed by atoms with E-state index in [1.165, 1.54) is 0 Å². The van der Waals surface area contributed by atoms with Gasteiger partial charge in [0, 0.05) is 25.3 Å². The van der Waals surface area contributed by atoms with E-state index < -0.39 is 0 Å². The Kier molecular flexibility index (Phi) is 4.39. The van der Waals surface area contributed by atoms with Crippen molar-refractivity contribution in [1.29, 1.82) is 0 Å². The molecule has 0 unspecified atom stereocenters. The summed E-state index contributed by atoms with van der Waals surface area (Å²) in [6, 6.07) is 6.29. The van der Waals surface area contributed by atoms with Gasteiger partial charge < -0.3 is 19.7 Å². The van der Waals surface area contributed by atoms with Crippen molar-refractivity contribution in [3.63, 3.8) is 0 Å². The van der Waals surface area contributed by atoms with Gasteiger partial charge in [0.1, 0.15) is 5.65 Å². The van der Waals surface area contributed by atoms with Gasteiger partial charge >= 0.3 is 0 Å². The van der Waals surface area contributed by atoms with E-state index in [4.69, 9.17) is 4.98 Å². The van der Waals surface area contributed by atoms with Crippen LogP contribution in [0.1, 0.15) is 19.5 Å². The highest BCUT2D eigenvalue weighted by atomic mass is 16.3. The van der Waals surface area contributed by atoms with Crippen molar-refractivity contribution in [3.8, 4) is 0 Å². The van der Waals surface area contributed by atoms with Gasteiger partial charge in [-0.15, -0.1) is 0 Å². The summed E-state index contributed by atoms with van der Waals surface area (Å²) in [4.78, 5) is 6.85. The van der Waals surface area contributed by atoms with Gasteiger partial charge in [-0.2, -0.15) is 0 Å². The fourth-order valence-corrected chi connectivity index (χ4v) is 2.31. The molecule has 0 spiro atoms. The first-order valence-corrected chi connectivity index (χ1v) is 6.67. The molecule has 2 rings (SSSR count). The van der Waals surface area contributed by atoms with E-state index >= 15 is 0 Å². The second-order valence-corrected chi connectivity index (χ2v) is 4.85. The van der Waals surface area contributed by atoms with Gasteiger partial charge in [-0.25, -0.2) is 4.98 Å². The Morgan fingerprint density at radius 3 is 2.84 bits per heavy atom. The topological polar surface area (TPSA) is 52.8 Å². The highest BCUT2D eigenvalue weighted by molar-refractivity contribution is 5.56. The molecule has 0 amide bonds. The minimum Gasteiger partial charge on any atom is -0.395 e. The number of aromatic nitrogens is 2. The molecule has 19 heavy (non-hydrogen) atoms. The molecule has 2 N–H and O–H groups in total. The van der Waals surface area contributed by atoms with Gasteiger partial charge in [-0.3, -0.25) is 0 Å². The molecule has 0 aliphatic rings. The Morgan fingerprint density at radius 1 is 1.42 bits per heavy atom. The summed E-state index contributed by atoms with van der Waals surface area (Å²) in [5.41, 5.74) is 2.06. The smallest absolute Gasteiger partial charge is 0.152 e. The summed E-state index contributed by atoms with van der Waals surface area (Å²) >= 11 is 0. The van der Waals surface area contributed by atoms with Crippen LogP contribution in [-0.4, -0.2) is 40.7 Å². The van der Waals surface area contributed by atoms with Crippen molar-refractivity contribution in [2.45, 2.75) is 26.4 Å². The fraction of sp³-hybridized carbons (Fsp3) is 0.500. The molecule has 0 fully saturated rings. The van der Waals surface area contributed by atoms with Gasteiger partial charge in [-0.05, 0) is 33.0 Å². The molecule has 2 aromatic heterocycles. The van der Waals surface area contributed by atoms with Gasteiger partial charge in [0.2, 0.25) is 0 Å². The first-order valence-electron chi connectivity index (χ1n) is 6.67. The van der Waals surface area contributed by atoms with E-state index in [1.54, 1.807) is 0 Å². The molecule has 5 nitrogen and oxygen atoms in total. The third kappa shape index (κ3) is 2.72. The van der Waals surface area contributed by atoms with E-state index in [9.17, 15) is 5.11 Å². The van der Waals surface area contributed by atoms with E-state index in [1.807, 2.05) is 31.4 Å². The summed E-state index contributed by atoms with van der Waals surface area (Å²) in [5, 5.41) is 12.4. The predicted molar refractivity (Wildman–Crippen MR) is 77.5 cm³/mol. The maximum absolute atomic E-state index is 9.25. The second kappa shape index (κ2) is 6.04. The zero-order valence-electron chi connectivity index (χ0n) is 11.8. The number of fused-ring (bicyclic) bond motifs is 1. The third-order valence-electron chi connectivity index (χ3n) is 3.19. The van der Waals surface area contributed by atoms with Crippen molar-refractivity contribution in [3.05, 3.63) is 30.1 Å². The molecule has 104 valence electrons. The quantitative estimate of drug-likeness (QED) is 0.823. The predicted octanol–water partition coefficient (Wildman–Crippen LogP) is 1.26. The molecule has 0 aromatic carbocycles. The zero-order chi connectivity index (χ0) is 13.8. The summed E-state index contributed by atoms with van der Waals surface area (Å²) in [6.45, 7) is 5.70. The summed E-state index contributed by atoms with van der Waals surface area (Å²) in [6.07, 6.45) is 2.02. The van der Waals surface area contributed by atoms with Gasteiger partial charge in [0.25, 0.3) is 0 Å². The van der Waals surface area contributed by atoms with Crippen molar-refractivity contribution in [1.82, 2.24) is 14.7 Å². The van der Waals surface area contributed by atoms with Crippen LogP contribution in [0.5, 0.6) is 0 Å². The fourth-order valence-electron chi connectivity index (χ4n) is 2.31. The number of rotatable bonds is 6. The van der Waals surface area contributed by atoms with Crippen LogP contribution in [0.4, 0.5) is 5.82 Å². The summed E-state index contributed by atoms with van der Waals surface area (Å²) in [5.74, 6) is 0.949. The first-order chi connectivity index (χ1) is 9.19. The molecule has 0 saturated carbocycles. The highest BCUT2D eigenvalue weighted by Gasteiger charge is 2.19. The summed E-state index contributed by atoms with van der Waals surface area (Å²) in [7, 11) is 1.93. The molecule has 5 heteroatoms. The standard InChI is InChI=1S/C14H22N4O/c1-11(2)17(8-9-19)14-12(10-15-3)18-7-5-4-6-13(18)16-14/h4-7,11,15,19H,8-10H2,1-3H3. The number of imidazole rings is 1. The molecule has 0 saturated heterocycles. The largest absolute Gasteiger partial charge is 0.395 e. The van der Waals surface area contributed by atoms with E-state index in [0.717, 1.165) is 23.7 Å². The van der Waals surface area contributed by atoms with Gasteiger partial charge in [-0.1, -0.05) is 6.07 Å². The Morgan fingerprint density at radius 2 is 2.21 bits per heavy atom. The number of aliphatic hydroxyl groups excluding tert-OH is 1. The SMILES string of the molecule is CNCc1c(N(CCO)C(C)C)nc2ccccn12. The maximum atomic E-state index is 9.25. The lowest BCUT2D eigenvalue weighted by Gasteiger charge is -2.27. The molecular formula is C14H22N4O. The lowest BCUT2D eigenvalue weighted by Crippen LogP contribution is -2.34. The molecule has 0 aliphatic carbocycles. The minimum atomic E-state index is 0.130. The number of nitrogens with zero attached hydrogens (tertiary/aromatic N) is 3. The van der Waals surface area contributed by atoms with Crippen LogP contribution < -0.4 is 10.2 Å². The number of aliphatic hydroxyl groups is 1. The van der Waals surface area contributed by atoms with Crippen molar-refractivity contribution in [2.24, 2.45) is 0 Å². The van der Waals surface area contributed by atoms with Crippen LogP contribution in [0.15, 0.2) is 24.4 Å². The Balaban J connectivity index is 2.53. The van der Waals surface area contributed by atoms with Crippen molar-refractivity contribution < 1.29 is 5.11 Å². The Bertz CT molecular complexity index is 535. The monoisotopic (exact) mass is 262 g/mol. The highest BCUT2D eigenvalue weighted by Crippen LogP contribution is 2.23. The van der Waals surface area contributed by atoms with Crippen LogP contribution in [0.2, 0.25) is 0 Å². The number of hydrogen-bond donors (Lipinski definition) is 2. The lowest BCUT2D eigenvalue weighted by atomic mass is 10.3. The van der Waals surface area contributed by atoms with Crippen LogP contribution in [0.3, 0.4) is 0 Å². The van der Waals surface area contributed by atoms with Gasteiger partial charge in [0.15, 0.2) is 5.82 Å². The number of nitrogens with one attached hydrogen (secondary N) is 1. The van der Waals surface area contributed by atoms with Crippen LogP contribution >= 0.6 is 0 Å². The molecule has 2 aromatic rings. The molecule has 0 aliphatic heterocycles. The third-order valence-corrected chi connectivity index (χ3v) is 3.19. The van der Waals surface area contributed by atoms with Crippen molar-refractivity contribution in [2.75, 3.05) is 25.1 Å². The average molecular weight is 262 g/mol. The average Bonchev–Trinajstić information content (AvgIpc) is 2.75. The van der Waals surface area contributed by atoms with Crippen LogP contribution in [0, 0.1) is 0 Å². The Hall–Kier alpha value is -1.59. The Labute approximate surface area is 113 Å². The van der Waals surface area contributed by atoms with Crippen LogP contribution in [0.25, 0.3) is 5.65 Å².